The van der Waals surface area contributed by atoms with Gasteiger partial charge in [-0.3, -0.25) is 4.79 Å². The highest BCUT2D eigenvalue weighted by atomic mass is 16.5. The Morgan fingerprint density at radius 1 is 1.04 bits per heavy atom. The Labute approximate surface area is 152 Å². The van der Waals surface area contributed by atoms with Gasteiger partial charge >= 0.3 is 0 Å². The quantitative estimate of drug-likeness (QED) is 0.677. The molecule has 132 valence electrons. The first kappa shape index (κ1) is 16.6. The van der Waals surface area contributed by atoms with E-state index in [1.165, 1.54) is 16.3 Å². The van der Waals surface area contributed by atoms with Crippen molar-refractivity contribution >= 4 is 22.4 Å². The average Bonchev–Trinajstić information content (AvgIpc) is 3.18. The van der Waals surface area contributed by atoms with E-state index in [0.29, 0.717) is 12.2 Å². The van der Waals surface area contributed by atoms with E-state index in [1.54, 1.807) is 7.11 Å². The molecule has 1 fully saturated rings. The van der Waals surface area contributed by atoms with E-state index in [9.17, 15) is 4.79 Å². The maximum atomic E-state index is 12.6. The molecule has 3 aromatic rings. The average molecular weight is 347 g/mol. The first-order valence-electron chi connectivity index (χ1n) is 8.68. The Kier molecular flexibility index (Phi) is 4.56. The van der Waals surface area contributed by atoms with Crippen LogP contribution in [0.15, 0.2) is 66.7 Å². The fourth-order valence-electron chi connectivity index (χ4n) is 3.42. The lowest BCUT2D eigenvalue weighted by Gasteiger charge is -2.13. The van der Waals surface area contributed by atoms with Crippen molar-refractivity contribution in [1.29, 1.82) is 0 Å². The normalized spacial score (nSPS) is 19.4. The minimum atomic E-state index is -0.301. The number of amides is 1. The molecule has 0 radical (unpaired) electrons. The number of carbonyl (C=O) groups is 1. The Bertz CT molecular complexity index is 936. The predicted molar refractivity (Wildman–Crippen MR) is 103 cm³/mol. The van der Waals surface area contributed by atoms with Gasteiger partial charge in [0, 0.05) is 17.8 Å². The molecule has 26 heavy (non-hydrogen) atoms. The minimum absolute atomic E-state index is 0.0616. The Morgan fingerprint density at radius 3 is 2.73 bits per heavy atom. The van der Waals surface area contributed by atoms with Crippen molar-refractivity contribution < 1.29 is 9.53 Å². The lowest BCUT2D eigenvalue weighted by molar-refractivity contribution is -0.117. The van der Waals surface area contributed by atoms with Gasteiger partial charge in [0.1, 0.15) is 11.8 Å². The summed E-state index contributed by atoms with van der Waals surface area (Å²) in [5.41, 5.74) is 8.32. The maximum Gasteiger partial charge on any atom is 0.242 e. The van der Waals surface area contributed by atoms with Crippen molar-refractivity contribution in [2.24, 2.45) is 0 Å². The second-order valence-electron chi connectivity index (χ2n) is 6.42. The summed E-state index contributed by atoms with van der Waals surface area (Å²) < 4.78 is 5.20. The van der Waals surface area contributed by atoms with Crippen molar-refractivity contribution in [3.8, 4) is 5.75 Å². The van der Waals surface area contributed by atoms with Crippen LogP contribution in [0.4, 0.5) is 5.69 Å². The van der Waals surface area contributed by atoms with Crippen LogP contribution in [0.2, 0.25) is 0 Å². The summed E-state index contributed by atoms with van der Waals surface area (Å²) in [5, 5.41) is 5.36. The van der Waals surface area contributed by atoms with Crippen molar-refractivity contribution in [2.75, 3.05) is 12.4 Å². The Morgan fingerprint density at radius 2 is 1.85 bits per heavy atom. The van der Waals surface area contributed by atoms with Gasteiger partial charge in [-0.15, -0.1) is 0 Å². The number of benzene rings is 3. The van der Waals surface area contributed by atoms with Crippen LogP contribution in [-0.4, -0.2) is 19.1 Å². The van der Waals surface area contributed by atoms with Crippen LogP contribution in [0.5, 0.6) is 5.75 Å². The molecule has 4 rings (SSSR count). The molecule has 1 saturated heterocycles. The molecular formula is C21H21N3O2. The molecule has 0 aliphatic carbocycles. The molecule has 3 N–H and O–H groups in total. The number of carbonyl (C=O) groups excluding carboxylic acids is 1. The highest BCUT2D eigenvalue weighted by Gasteiger charge is 2.30. The van der Waals surface area contributed by atoms with E-state index in [-0.39, 0.29) is 18.0 Å². The molecule has 0 bridgehead atoms. The molecule has 0 saturated carbocycles. The third-order valence-corrected chi connectivity index (χ3v) is 4.76. The highest BCUT2D eigenvalue weighted by Crippen LogP contribution is 2.29. The number of fused-ring (bicyclic) bond motifs is 1. The molecule has 2 unspecified atom stereocenters. The van der Waals surface area contributed by atoms with Gasteiger partial charge in [-0.05, 0) is 34.9 Å². The summed E-state index contributed by atoms with van der Waals surface area (Å²) >= 11 is 0. The van der Waals surface area contributed by atoms with Crippen LogP contribution in [0.1, 0.15) is 18.0 Å². The number of hydrogen-bond donors (Lipinski definition) is 3. The molecule has 5 heteroatoms. The fraction of sp³-hybridized carbons (Fsp3) is 0.190. The second-order valence-corrected chi connectivity index (χ2v) is 6.42. The number of anilines is 1. The zero-order chi connectivity index (χ0) is 17.9. The molecule has 5 nitrogen and oxygen atoms in total. The molecule has 1 aliphatic heterocycles. The van der Waals surface area contributed by atoms with Gasteiger partial charge in [0.2, 0.25) is 5.91 Å². The van der Waals surface area contributed by atoms with Gasteiger partial charge in [-0.2, -0.15) is 0 Å². The summed E-state index contributed by atoms with van der Waals surface area (Å²) in [6, 6.07) is 21.7. The summed E-state index contributed by atoms with van der Waals surface area (Å²) in [7, 11) is 1.61. The van der Waals surface area contributed by atoms with E-state index in [4.69, 9.17) is 4.74 Å². The van der Waals surface area contributed by atoms with E-state index in [1.807, 2.05) is 36.4 Å². The largest absolute Gasteiger partial charge is 0.497 e. The second kappa shape index (κ2) is 7.15. The molecular weight excluding hydrogens is 326 g/mol. The predicted octanol–water partition coefficient (Wildman–Crippen LogP) is 3.39. The van der Waals surface area contributed by atoms with Crippen LogP contribution in [0.25, 0.3) is 10.8 Å². The lowest BCUT2D eigenvalue weighted by Crippen LogP contribution is -2.39. The van der Waals surface area contributed by atoms with Crippen molar-refractivity contribution in [1.82, 2.24) is 10.9 Å². The molecule has 0 aromatic heterocycles. The van der Waals surface area contributed by atoms with E-state index < -0.39 is 0 Å². The summed E-state index contributed by atoms with van der Waals surface area (Å²) in [4.78, 5) is 12.6. The number of nitrogens with one attached hydrogen (secondary N) is 3. The molecule has 1 aliphatic rings. The number of hydrogen-bond acceptors (Lipinski definition) is 4. The molecule has 1 amide bonds. The zero-order valence-electron chi connectivity index (χ0n) is 14.5. The summed E-state index contributed by atoms with van der Waals surface area (Å²) in [5.74, 6) is 0.655. The minimum Gasteiger partial charge on any atom is -0.497 e. The fourth-order valence-corrected chi connectivity index (χ4v) is 3.42. The lowest BCUT2D eigenvalue weighted by atomic mass is 9.96. The van der Waals surface area contributed by atoms with Crippen LogP contribution in [-0.2, 0) is 4.79 Å². The van der Waals surface area contributed by atoms with Gasteiger partial charge < -0.3 is 10.1 Å². The van der Waals surface area contributed by atoms with E-state index in [0.717, 1.165) is 5.69 Å². The highest BCUT2D eigenvalue weighted by molar-refractivity contribution is 5.95. The van der Waals surface area contributed by atoms with Gasteiger partial charge in [-0.1, -0.05) is 48.5 Å². The molecule has 0 spiro atoms. The number of ether oxygens (including phenoxy) is 1. The van der Waals surface area contributed by atoms with Crippen LogP contribution in [0, 0.1) is 0 Å². The van der Waals surface area contributed by atoms with Gasteiger partial charge in [-0.25, -0.2) is 10.9 Å². The summed E-state index contributed by atoms with van der Waals surface area (Å²) in [6.07, 6.45) is 0.684. The molecule has 1 heterocycles. The number of hydrazine groups is 1. The monoisotopic (exact) mass is 347 g/mol. The van der Waals surface area contributed by atoms with E-state index >= 15 is 0 Å². The van der Waals surface area contributed by atoms with Crippen molar-refractivity contribution in [3.63, 3.8) is 0 Å². The smallest absolute Gasteiger partial charge is 0.242 e. The molecule has 2 atom stereocenters. The SMILES string of the molecule is COc1cccc(NC(=O)C2CC(c3cccc4ccccc34)NN2)c1. The van der Waals surface area contributed by atoms with Crippen molar-refractivity contribution in [2.45, 2.75) is 18.5 Å². The van der Waals surface area contributed by atoms with Crippen LogP contribution >= 0.6 is 0 Å². The third-order valence-electron chi connectivity index (χ3n) is 4.76. The first-order valence-corrected chi connectivity index (χ1v) is 8.68. The topological polar surface area (TPSA) is 62.4 Å². The first-order chi connectivity index (χ1) is 12.7. The van der Waals surface area contributed by atoms with Crippen LogP contribution < -0.4 is 20.9 Å². The van der Waals surface area contributed by atoms with Crippen molar-refractivity contribution in [3.05, 3.63) is 72.3 Å². The number of methoxy groups -OCH3 is 1. The zero-order valence-corrected chi connectivity index (χ0v) is 14.5. The molecule has 3 aromatic carbocycles. The standard InChI is InChI=1S/C21H21N3O2/c1-26-16-9-5-8-15(12-16)22-21(25)20-13-19(23-24-20)18-11-4-7-14-6-2-3-10-17(14)18/h2-12,19-20,23-24H,13H2,1H3,(H,22,25). The van der Waals surface area contributed by atoms with E-state index in [2.05, 4.69) is 46.5 Å². The third kappa shape index (κ3) is 3.27. The summed E-state index contributed by atoms with van der Waals surface area (Å²) in [6.45, 7) is 0. The maximum absolute atomic E-state index is 12.6. The van der Waals surface area contributed by atoms with Gasteiger partial charge in [0.15, 0.2) is 0 Å². The van der Waals surface area contributed by atoms with Gasteiger partial charge in [0.25, 0.3) is 0 Å². The Balaban J connectivity index is 1.48. The Hall–Kier alpha value is -2.89. The number of rotatable bonds is 4. The van der Waals surface area contributed by atoms with Crippen LogP contribution in [0.3, 0.4) is 0 Å². The van der Waals surface area contributed by atoms with Gasteiger partial charge in [0.05, 0.1) is 7.11 Å².